The van der Waals surface area contributed by atoms with Crippen molar-refractivity contribution in [2.24, 2.45) is 5.73 Å². The number of nitrogens with two attached hydrogens (primary N) is 1. The summed E-state index contributed by atoms with van der Waals surface area (Å²) in [6, 6.07) is 13.5. The lowest BCUT2D eigenvalue weighted by atomic mass is 10.2. The van der Waals surface area contributed by atoms with Crippen molar-refractivity contribution in [1.29, 1.82) is 0 Å². The Balaban J connectivity index is 1.76. The normalized spacial score (nSPS) is 10.1. The molecule has 0 heterocycles. The van der Waals surface area contributed by atoms with Gasteiger partial charge in [-0.3, -0.25) is 4.79 Å². The van der Waals surface area contributed by atoms with Gasteiger partial charge in [0.25, 0.3) is 5.91 Å². The fourth-order valence-corrected chi connectivity index (χ4v) is 2.06. The van der Waals surface area contributed by atoms with Crippen LogP contribution in [0.1, 0.15) is 16.8 Å². The van der Waals surface area contributed by atoms with Crippen molar-refractivity contribution < 1.29 is 23.8 Å². The standard InChI is InChI=1S/C18H18ClNO5/c19-13-6-8-14(9-7-13)23-10-3-11-24-18(22)15-4-1-2-5-16(15)25-12-17(20)21/h1-2,4-9H,3,10-12H2,(H2,20,21). The molecule has 7 heteroatoms. The van der Waals surface area contributed by atoms with Crippen LogP contribution in [0.5, 0.6) is 11.5 Å². The smallest absolute Gasteiger partial charge is 0.341 e. The minimum Gasteiger partial charge on any atom is -0.493 e. The predicted octanol–water partition coefficient (Wildman–Crippen LogP) is 2.83. The third-order valence-corrected chi connectivity index (χ3v) is 3.33. The van der Waals surface area contributed by atoms with Crippen molar-refractivity contribution in [3.8, 4) is 11.5 Å². The number of hydrogen-bond acceptors (Lipinski definition) is 5. The first kappa shape index (κ1) is 18.6. The van der Waals surface area contributed by atoms with Crippen LogP contribution in [-0.2, 0) is 9.53 Å². The Labute approximate surface area is 150 Å². The van der Waals surface area contributed by atoms with Crippen LogP contribution in [0.3, 0.4) is 0 Å². The van der Waals surface area contributed by atoms with E-state index >= 15 is 0 Å². The van der Waals surface area contributed by atoms with Gasteiger partial charge in [-0.15, -0.1) is 0 Å². The fourth-order valence-electron chi connectivity index (χ4n) is 1.93. The number of rotatable bonds is 9. The Morgan fingerprint density at radius 3 is 2.40 bits per heavy atom. The number of para-hydroxylation sites is 1. The van der Waals surface area contributed by atoms with Crippen LogP contribution >= 0.6 is 11.6 Å². The number of carbonyl (C=O) groups excluding carboxylic acids is 2. The highest BCUT2D eigenvalue weighted by molar-refractivity contribution is 6.30. The molecule has 0 radical (unpaired) electrons. The van der Waals surface area contributed by atoms with Gasteiger partial charge >= 0.3 is 5.97 Å². The van der Waals surface area contributed by atoms with Crippen molar-refractivity contribution in [3.63, 3.8) is 0 Å². The van der Waals surface area contributed by atoms with Crippen molar-refractivity contribution in [1.82, 2.24) is 0 Å². The third-order valence-electron chi connectivity index (χ3n) is 3.08. The summed E-state index contributed by atoms with van der Waals surface area (Å²) in [4.78, 5) is 22.9. The lowest BCUT2D eigenvalue weighted by Gasteiger charge is -2.10. The van der Waals surface area contributed by atoms with E-state index in [2.05, 4.69) is 0 Å². The van der Waals surface area contributed by atoms with Gasteiger partial charge in [0.15, 0.2) is 6.61 Å². The number of benzene rings is 2. The van der Waals surface area contributed by atoms with Gasteiger partial charge in [-0.05, 0) is 36.4 Å². The first-order valence-corrected chi connectivity index (χ1v) is 7.99. The van der Waals surface area contributed by atoms with Crippen molar-refractivity contribution >= 4 is 23.5 Å². The topological polar surface area (TPSA) is 87.9 Å². The zero-order valence-corrected chi connectivity index (χ0v) is 14.2. The molecule has 1 amide bonds. The Kier molecular flexibility index (Phi) is 7.10. The molecule has 2 aromatic rings. The number of ether oxygens (including phenoxy) is 3. The molecule has 0 atom stereocenters. The summed E-state index contributed by atoms with van der Waals surface area (Å²) in [5.74, 6) is -0.210. The van der Waals surface area contributed by atoms with E-state index in [0.717, 1.165) is 0 Å². The number of esters is 1. The summed E-state index contributed by atoms with van der Waals surface area (Å²) in [6.07, 6.45) is 0.526. The molecule has 0 unspecified atom stereocenters. The fraction of sp³-hybridized carbons (Fsp3) is 0.222. The molecule has 0 aliphatic rings. The maximum absolute atomic E-state index is 12.1. The largest absolute Gasteiger partial charge is 0.493 e. The summed E-state index contributed by atoms with van der Waals surface area (Å²) in [6.45, 7) is 0.282. The predicted molar refractivity (Wildman–Crippen MR) is 93.0 cm³/mol. The second-order valence-corrected chi connectivity index (χ2v) is 5.48. The van der Waals surface area contributed by atoms with Crippen molar-refractivity contribution in [3.05, 3.63) is 59.1 Å². The van der Waals surface area contributed by atoms with E-state index in [1.54, 1.807) is 48.5 Å². The molecule has 2 rings (SSSR count). The average Bonchev–Trinajstić information content (AvgIpc) is 2.61. The van der Waals surface area contributed by atoms with Gasteiger partial charge in [0.2, 0.25) is 0 Å². The molecular formula is C18H18ClNO5. The minimum absolute atomic E-state index is 0.191. The van der Waals surface area contributed by atoms with E-state index in [9.17, 15) is 9.59 Å². The number of hydrogen-bond donors (Lipinski definition) is 1. The lowest BCUT2D eigenvalue weighted by Crippen LogP contribution is -2.21. The molecular weight excluding hydrogens is 346 g/mol. The van der Waals surface area contributed by atoms with E-state index in [-0.39, 0.29) is 24.5 Å². The van der Waals surface area contributed by atoms with Crippen LogP contribution in [0.2, 0.25) is 5.02 Å². The number of amides is 1. The van der Waals surface area contributed by atoms with Crippen LogP contribution in [0.15, 0.2) is 48.5 Å². The molecule has 0 bridgehead atoms. The van der Waals surface area contributed by atoms with Gasteiger partial charge in [0, 0.05) is 11.4 Å². The summed E-state index contributed by atoms with van der Waals surface area (Å²) >= 11 is 5.79. The van der Waals surface area contributed by atoms with Gasteiger partial charge in [0.1, 0.15) is 17.1 Å². The highest BCUT2D eigenvalue weighted by atomic mass is 35.5. The Morgan fingerprint density at radius 2 is 1.68 bits per heavy atom. The van der Waals surface area contributed by atoms with Crippen molar-refractivity contribution in [2.45, 2.75) is 6.42 Å². The first-order valence-electron chi connectivity index (χ1n) is 7.62. The number of carbonyl (C=O) groups is 2. The molecule has 0 aliphatic carbocycles. The molecule has 0 saturated carbocycles. The maximum atomic E-state index is 12.1. The summed E-state index contributed by atoms with van der Waals surface area (Å²) < 4.78 is 15.9. The molecule has 2 N–H and O–H groups in total. The lowest BCUT2D eigenvalue weighted by molar-refractivity contribution is -0.119. The zero-order chi connectivity index (χ0) is 18.1. The van der Waals surface area contributed by atoms with Crippen LogP contribution in [0, 0.1) is 0 Å². The SMILES string of the molecule is NC(=O)COc1ccccc1C(=O)OCCCOc1ccc(Cl)cc1. The highest BCUT2D eigenvalue weighted by Gasteiger charge is 2.14. The van der Waals surface area contributed by atoms with E-state index in [4.69, 9.17) is 31.5 Å². The second kappa shape index (κ2) is 9.54. The monoisotopic (exact) mass is 363 g/mol. The molecule has 0 aliphatic heterocycles. The van der Waals surface area contributed by atoms with E-state index in [1.807, 2.05) is 0 Å². The van der Waals surface area contributed by atoms with Crippen molar-refractivity contribution in [2.75, 3.05) is 19.8 Å². The minimum atomic E-state index is -0.623. The second-order valence-electron chi connectivity index (χ2n) is 5.04. The molecule has 25 heavy (non-hydrogen) atoms. The molecule has 0 saturated heterocycles. The molecule has 0 spiro atoms. The molecule has 132 valence electrons. The molecule has 0 aromatic heterocycles. The van der Waals surface area contributed by atoms with Gasteiger partial charge in [-0.1, -0.05) is 23.7 Å². The Morgan fingerprint density at radius 1 is 0.960 bits per heavy atom. The van der Waals surface area contributed by atoms with E-state index in [1.165, 1.54) is 0 Å². The zero-order valence-electron chi connectivity index (χ0n) is 13.4. The van der Waals surface area contributed by atoms with Gasteiger partial charge in [0.05, 0.1) is 13.2 Å². The molecule has 0 fully saturated rings. The highest BCUT2D eigenvalue weighted by Crippen LogP contribution is 2.19. The van der Waals surface area contributed by atoms with Crippen LogP contribution in [0.25, 0.3) is 0 Å². The van der Waals surface area contributed by atoms with Gasteiger partial charge in [-0.2, -0.15) is 0 Å². The summed E-state index contributed by atoms with van der Waals surface area (Å²) in [5.41, 5.74) is 5.27. The van der Waals surface area contributed by atoms with E-state index < -0.39 is 11.9 Å². The molecule has 6 nitrogen and oxygen atoms in total. The van der Waals surface area contributed by atoms with Crippen LogP contribution < -0.4 is 15.2 Å². The Hall–Kier alpha value is -2.73. The van der Waals surface area contributed by atoms with E-state index in [0.29, 0.717) is 23.8 Å². The first-order chi connectivity index (χ1) is 12.1. The van der Waals surface area contributed by atoms with Crippen LogP contribution in [0.4, 0.5) is 0 Å². The quantitative estimate of drug-likeness (QED) is 0.546. The average molecular weight is 364 g/mol. The van der Waals surface area contributed by atoms with Gasteiger partial charge < -0.3 is 19.9 Å². The summed E-state index contributed by atoms with van der Waals surface area (Å²) in [5, 5.41) is 0.637. The number of primary amides is 1. The summed E-state index contributed by atoms with van der Waals surface area (Å²) in [7, 11) is 0. The number of halogens is 1. The maximum Gasteiger partial charge on any atom is 0.341 e. The van der Waals surface area contributed by atoms with Crippen LogP contribution in [-0.4, -0.2) is 31.7 Å². The third kappa shape index (κ3) is 6.35. The van der Waals surface area contributed by atoms with Gasteiger partial charge in [-0.25, -0.2) is 4.79 Å². The molecule has 2 aromatic carbocycles. The Bertz CT molecular complexity index is 718.